The summed E-state index contributed by atoms with van der Waals surface area (Å²) >= 11 is 0. The number of hydrogen-bond donors (Lipinski definition) is 3. The molecular weight excluding hydrogens is 438 g/mol. The number of nitrogens with one attached hydrogen (secondary N) is 1. The molecule has 0 fully saturated rings. The molecule has 3 N–H and O–H groups in total. The summed E-state index contributed by atoms with van der Waals surface area (Å²) in [7, 11) is 0. The van der Waals surface area contributed by atoms with Gasteiger partial charge < -0.3 is 24.4 Å². The van der Waals surface area contributed by atoms with Gasteiger partial charge in [-0.25, -0.2) is 9.59 Å². The zero-order valence-corrected chi connectivity index (χ0v) is 19.1. The minimum Gasteiger partial charge on any atom is -0.508 e. The summed E-state index contributed by atoms with van der Waals surface area (Å²) in [6.45, 7) is 5.65. The van der Waals surface area contributed by atoms with Crippen molar-refractivity contribution in [3.05, 3.63) is 74.8 Å². The molecule has 2 heterocycles. The van der Waals surface area contributed by atoms with Crippen LogP contribution < -0.4 is 10.9 Å². The Morgan fingerprint density at radius 3 is 2.29 bits per heavy atom. The number of hydrogen-bond acceptors (Lipinski definition) is 6. The lowest BCUT2D eigenvalue weighted by Gasteiger charge is -2.15. The third kappa shape index (κ3) is 4.52. The van der Waals surface area contributed by atoms with Gasteiger partial charge in [0.25, 0.3) is 0 Å². The molecule has 2 aromatic carbocycles. The van der Waals surface area contributed by atoms with Gasteiger partial charge in [0.15, 0.2) is 0 Å². The van der Waals surface area contributed by atoms with Gasteiger partial charge in [-0.15, -0.1) is 0 Å². The number of carboxylic acids is 1. The molecule has 0 spiro atoms. The molecule has 0 saturated heterocycles. The molecule has 8 nitrogen and oxygen atoms in total. The van der Waals surface area contributed by atoms with Crippen molar-refractivity contribution < 1.29 is 28.6 Å². The van der Waals surface area contributed by atoms with E-state index in [2.05, 4.69) is 5.32 Å². The molecule has 0 bridgehead atoms. The van der Waals surface area contributed by atoms with Gasteiger partial charge in [-0.3, -0.25) is 4.79 Å². The van der Waals surface area contributed by atoms with Crippen molar-refractivity contribution in [3.8, 4) is 5.75 Å². The molecule has 4 rings (SSSR count). The number of aryl methyl sites for hydroxylation is 3. The summed E-state index contributed by atoms with van der Waals surface area (Å²) in [5, 5.41) is 23.1. The number of carboxylic acid groups (broad SMARTS) is 1. The van der Waals surface area contributed by atoms with Crippen LogP contribution in [0.4, 0.5) is 0 Å². The monoisotopic (exact) mass is 463 g/mol. The lowest BCUT2D eigenvalue weighted by Crippen LogP contribution is -2.42. The molecule has 0 radical (unpaired) electrons. The molecule has 34 heavy (non-hydrogen) atoms. The van der Waals surface area contributed by atoms with E-state index in [-0.39, 0.29) is 25.0 Å². The predicted molar refractivity (Wildman–Crippen MR) is 126 cm³/mol. The number of carbonyl (C=O) groups excluding carboxylic acids is 1. The maximum absolute atomic E-state index is 12.6. The minimum absolute atomic E-state index is 0.0669. The van der Waals surface area contributed by atoms with Gasteiger partial charge in [-0.1, -0.05) is 12.1 Å². The van der Waals surface area contributed by atoms with Crippen LogP contribution in [0.2, 0.25) is 0 Å². The highest BCUT2D eigenvalue weighted by molar-refractivity contribution is 5.96. The highest BCUT2D eigenvalue weighted by atomic mass is 16.4. The molecular formula is C26H25NO7. The van der Waals surface area contributed by atoms with Crippen LogP contribution in [0.15, 0.2) is 50.0 Å². The Morgan fingerprint density at radius 2 is 1.62 bits per heavy atom. The van der Waals surface area contributed by atoms with Crippen LogP contribution in [0.3, 0.4) is 0 Å². The fourth-order valence-electron chi connectivity index (χ4n) is 4.09. The molecule has 0 aliphatic heterocycles. The number of rotatable bonds is 7. The first kappa shape index (κ1) is 23.1. The number of phenolic OH excluding ortho intramolecular Hbond substituents is 1. The molecule has 0 saturated carbocycles. The average Bonchev–Trinajstić information content (AvgIpc) is 3.06. The number of amides is 1. The second-order valence-electron chi connectivity index (χ2n) is 8.45. The molecule has 1 amide bonds. The zero-order valence-electron chi connectivity index (χ0n) is 19.1. The summed E-state index contributed by atoms with van der Waals surface area (Å²) in [5.74, 6) is -0.787. The van der Waals surface area contributed by atoms with Crippen LogP contribution in [0.25, 0.3) is 21.9 Å². The number of carbonyl (C=O) groups is 2. The van der Waals surface area contributed by atoms with E-state index in [0.717, 1.165) is 27.7 Å². The van der Waals surface area contributed by atoms with Gasteiger partial charge in [0.05, 0.1) is 0 Å². The molecule has 0 aliphatic carbocycles. The summed E-state index contributed by atoms with van der Waals surface area (Å²) < 4.78 is 11.2. The summed E-state index contributed by atoms with van der Waals surface area (Å²) in [6.07, 6.45) is 0.115. The number of benzene rings is 2. The highest BCUT2D eigenvalue weighted by Gasteiger charge is 2.21. The summed E-state index contributed by atoms with van der Waals surface area (Å²) in [5.41, 5.74) is 3.30. The third-order valence-corrected chi connectivity index (χ3v) is 6.19. The maximum atomic E-state index is 12.6. The van der Waals surface area contributed by atoms with Crippen LogP contribution in [0.5, 0.6) is 5.75 Å². The Morgan fingerprint density at radius 1 is 0.971 bits per heavy atom. The van der Waals surface area contributed by atoms with Crippen LogP contribution in [0.1, 0.15) is 34.4 Å². The van der Waals surface area contributed by atoms with E-state index in [4.69, 9.17) is 8.83 Å². The number of furan rings is 1. The largest absolute Gasteiger partial charge is 0.508 e. The predicted octanol–water partition coefficient (Wildman–Crippen LogP) is 3.91. The first-order valence-corrected chi connectivity index (χ1v) is 10.9. The fraction of sp³-hybridized carbons (Fsp3) is 0.269. The highest BCUT2D eigenvalue weighted by Crippen LogP contribution is 2.31. The van der Waals surface area contributed by atoms with E-state index < -0.39 is 23.5 Å². The van der Waals surface area contributed by atoms with Crippen molar-refractivity contribution in [2.45, 2.75) is 46.1 Å². The molecule has 8 heteroatoms. The van der Waals surface area contributed by atoms with Crippen molar-refractivity contribution >= 4 is 33.8 Å². The van der Waals surface area contributed by atoms with Crippen molar-refractivity contribution in [1.82, 2.24) is 5.32 Å². The Kier molecular flexibility index (Phi) is 6.15. The standard InChI is InChI=1S/C26H25NO7/c1-13-15(3)33-22-12-23-20(11-19(13)22)14(2)18(26(32)34-23)8-9-24(29)27-21(25(30)31)10-16-4-6-17(28)7-5-16/h4-7,11-12,21,28H,8-10H2,1-3H3,(H,27,29)(H,30,31)/t21-/m1/s1. The molecule has 176 valence electrons. The van der Waals surface area contributed by atoms with E-state index in [1.165, 1.54) is 12.1 Å². The van der Waals surface area contributed by atoms with E-state index in [1.54, 1.807) is 18.2 Å². The Bertz CT molecular complexity index is 1460. The molecule has 1 atom stereocenters. The second kappa shape index (κ2) is 9.05. The lowest BCUT2D eigenvalue weighted by molar-refractivity contribution is -0.141. The first-order valence-electron chi connectivity index (χ1n) is 10.9. The van der Waals surface area contributed by atoms with Crippen molar-refractivity contribution in [1.29, 1.82) is 0 Å². The van der Waals surface area contributed by atoms with Gasteiger partial charge >= 0.3 is 11.6 Å². The van der Waals surface area contributed by atoms with E-state index >= 15 is 0 Å². The molecule has 4 aromatic rings. The smallest absolute Gasteiger partial charge is 0.339 e. The first-order chi connectivity index (χ1) is 16.1. The average molecular weight is 463 g/mol. The maximum Gasteiger partial charge on any atom is 0.339 e. The van der Waals surface area contributed by atoms with E-state index in [1.807, 2.05) is 26.8 Å². The van der Waals surface area contributed by atoms with Gasteiger partial charge in [-0.2, -0.15) is 0 Å². The quantitative estimate of drug-likeness (QED) is 0.354. The summed E-state index contributed by atoms with van der Waals surface area (Å²) in [4.78, 5) is 36.8. The topological polar surface area (TPSA) is 130 Å². The SMILES string of the molecule is Cc1oc2cc3oc(=O)c(CCC(=O)N[C@H](Cc4ccc(O)cc4)C(=O)O)c(C)c3cc2c1C. The zero-order chi connectivity index (χ0) is 24.6. The van der Waals surface area contributed by atoms with Crippen LogP contribution >= 0.6 is 0 Å². The second-order valence-corrected chi connectivity index (χ2v) is 8.45. The van der Waals surface area contributed by atoms with E-state index in [0.29, 0.717) is 22.3 Å². The van der Waals surface area contributed by atoms with Crippen LogP contribution in [-0.4, -0.2) is 28.1 Å². The molecule has 0 unspecified atom stereocenters. The number of aliphatic carboxylic acids is 1. The number of aromatic hydroxyl groups is 1. The van der Waals surface area contributed by atoms with Gasteiger partial charge in [0, 0.05) is 35.2 Å². The minimum atomic E-state index is -1.17. The number of phenols is 1. The molecule has 2 aromatic heterocycles. The van der Waals surface area contributed by atoms with Crippen molar-refractivity contribution in [3.63, 3.8) is 0 Å². The Hall–Kier alpha value is -4.07. The lowest BCUT2D eigenvalue weighted by atomic mass is 10.00. The van der Waals surface area contributed by atoms with Crippen molar-refractivity contribution in [2.24, 2.45) is 0 Å². The fourth-order valence-corrected chi connectivity index (χ4v) is 4.09. The van der Waals surface area contributed by atoms with Crippen molar-refractivity contribution in [2.75, 3.05) is 0 Å². The van der Waals surface area contributed by atoms with Crippen LogP contribution in [0, 0.1) is 20.8 Å². The van der Waals surface area contributed by atoms with Gasteiger partial charge in [0.2, 0.25) is 5.91 Å². The normalized spacial score (nSPS) is 12.2. The third-order valence-electron chi connectivity index (χ3n) is 6.19. The Balaban J connectivity index is 1.52. The van der Waals surface area contributed by atoms with Gasteiger partial charge in [-0.05, 0) is 62.1 Å². The Labute approximate surface area is 194 Å². The van der Waals surface area contributed by atoms with E-state index in [9.17, 15) is 24.6 Å². The molecule has 0 aliphatic rings. The van der Waals surface area contributed by atoms with Gasteiger partial charge in [0.1, 0.15) is 28.7 Å². The van der Waals surface area contributed by atoms with Crippen LogP contribution in [-0.2, 0) is 22.4 Å². The summed E-state index contributed by atoms with van der Waals surface area (Å²) in [6, 6.07) is 8.61. The number of fused-ring (bicyclic) bond motifs is 2.